The average molecular weight is 718 g/mol. The van der Waals surface area contributed by atoms with Gasteiger partial charge in [0.25, 0.3) is 0 Å². The van der Waals surface area contributed by atoms with Crippen LogP contribution in [0.3, 0.4) is 0 Å². The zero-order valence-electron chi connectivity index (χ0n) is 32.5. The van der Waals surface area contributed by atoms with Gasteiger partial charge in [0.05, 0.1) is 22.3 Å². The average Bonchev–Trinajstić information content (AvgIpc) is 3.58. The van der Waals surface area contributed by atoms with Crippen molar-refractivity contribution < 1.29 is 5.11 Å². The van der Waals surface area contributed by atoms with Gasteiger partial charge in [-0.3, -0.25) is 9.55 Å². The molecule has 8 rings (SSSR count). The summed E-state index contributed by atoms with van der Waals surface area (Å²) in [5.41, 5.74) is 14.1. The first kappa shape index (κ1) is 35.8. The van der Waals surface area contributed by atoms with Crippen LogP contribution in [0.25, 0.3) is 61.6 Å². The molecule has 0 aliphatic heterocycles. The molecule has 272 valence electrons. The van der Waals surface area contributed by atoms with Crippen LogP contribution in [0.5, 0.6) is 5.75 Å². The van der Waals surface area contributed by atoms with Crippen LogP contribution in [0, 0.1) is 0 Å². The number of phenolic OH excluding ortho intramolecular Hbond substituents is 1. The van der Waals surface area contributed by atoms with E-state index in [0.29, 0.717) is 11.4 Å². The molecule has 0 aliphatic rings. The molecule has 4 heteroatoms. The minimum atomic E-state index is -0.255. The molecule has 0 amide bonds. The number of pyridine rings is 1. The number of benzene rings is 6. The van der Waals surface area contributed by atoms with Crippen molar-refractivity contribution in [2.75, 3.05) is 0 Å². The number of phenols is 1. The molecule has 2 heterocycles. The number of rotatable bonds is 7. The number of aromatic hydroxyl groups is 1. The van der Waals surface area contributed by atoms with E-state index in [0.717, 1.165) is 62.2 Å². The van der Waals surface area contributed by atoms with Gasteiger partial charge in [-0.1, -0.05) is 151 Å². The van der Waals surface area contributed by atoms with E-state index in [-0.39, 0.29) is 16.6 Å². The standard InChI is InChI=1S/C51H47N3O/c1-50(2,3)40-31-38(30-39(32-40)45-27-26-37(33-52-45)36-19-11-8-12-20-36)42-22-15-25-46-47(42)53-49(43-23-14-24-44(48(43)55)51(4,5)6)54(46)41-21-13-18-35(29-41)28-34-16-9-7-10-17-34/h7-27,29-33,55H,28H2,1-6H3. The third-order valence-corrected chi connectivity index (χ3v) is 10.5. The first-order valence-corrected chi connectivity index (χ1v) is 19.1. The fourth-order valence-corrected chi connectivity index (χ4v) is 7.47. The van der Waals surface area contributed by atoms with Crippen molar-refractivity contribution >= 4 is 11.0 Å². The predicted molar refractivity (Wildman–Crippen MR) is 229 cm³/mol. The Balaban J connectivity index is 1.33. The Labute approximate surface area is 324 Å². The SMILES string of the molecule is CC(C)(C)c1cc(-c2ccc(-c3ccccc3)cn2)cc(-c2cccc3c2nc(-c2cccc(C(C)(C)C)c2O)n3-c2cccc(Cc3ccccc3)c2)c1. The third kappa shape index (κ3) is 7.20. The Morgan fingerprint density at radius 2 is 1.22 bits per heavy atom. The lowest BCUT2D eigenvalue weighted by atomic mass is 9.83. The Bertz CT molecular complexity index is 2620. The van der Waals surface area contributed by atoms with Crippen LogP contribution < -0.4 is 0 Å². The molecule has 0 spiro atoms. The van der Waals surface area contributed by atoms with E-state index in [1.807, 2.05) is 30.5 Å². The van der Waals surface area contributed by atoms with Crippen molar-refractivity contribution in [3.63, 3.8) is 0 Å². The van der Waals surface area contributed by atoms with E-state index in [2.05, 4.69) is 174 Å². The van der Waals surface area contributed by atoms with E-state index in [1.54, 1.807) is 0 Å². The van der Waals surface area contributed by atoms with Gasteiger partial charge in [-0.25, -0.2) is 4.98 Å². The first-order chi connectivity index (χ1) is 26.4. The lowest BCUT2D eigenvalue weighted by Crippen LogP contribution is -2.11. The van der Waals surface area contributed by atoms with Gasteiger partial charge in [-0.2, -0.15) is 0 Å². The number of hydrogen-bond acceptors (Lipinski definition) is 3. The molecule has 0 radical (unpaired) electrons. The molecule has 0 bridgehead atoms. The molecule has 0 aliphatic carbocycles. The number of para-hydroxylation sites is 2. The quantitative estimate of drug-likeness (QED) is 0.179. The van der Waals surface area contributed by atoms with Gasteiger partial charge >= 0.3 is 0 Å². The minimum Gasteiger partial charge on any atom is -0.507 e. The maximum atomic E-state index is 11.9. The molecule has 0 saturated heterocycles. The topological polar surface area (TPSA) is 50.9 Å². The molecular weight excluding hydrogens is 671 g/mol. The Kier molecular flexibility index (Phi) is 9.22. The normalized spacial score (nSPS) is 12.0. The molecule has 0 fully saturated rings. The van der Waals surface area contributed by atoms with E-state index in [4.69, 9.17) is 9.97 Å². The Morgan fingerprint density at radius 1 is 0.545 bits per heavy atom. The summed E-state index contributed by atoms with van der Waals surface area (Å²) in [6, 6.07) is 53.1. The number of aromatic nitrogens is 3. The van der Waals surface area contributed by atoms with Gasteiger partial charge < -0.3 is 5.11 Å². The second-order valence-electron chi connectivity index (χ2n) is 16.6. The Hall–Kier alpha value is -6.26. The molecule has 6 aromatic carbocycles. The van der Waals surface area contributed by atoms with Crippen LogP contribution in [0.15, 0.2) is 158 Å². The number of hydrogen-bond donors (Lipinski definition) is 1. The Morgan fingerprint density at radius 3 is 1.93 bits per heavy atom. The van der Waals surface area contributed by atoms with Crippen LogP contribution in [0.4, 0.5) is 0 Å². The monoisotopic (exact) mass is 717 g/mol. The van der Waals surface area contributed by atoms with E-state index in [1.165, 1.54) is 16.7 Å². The fraction of sp³-hybridized carbons (Fsp3) is 0.176. The van der Waals surface area contributed by atoms with Crippen molar-refractivity contribution in [3.8, 4) is 56.3 Å². The van der Waals surface area contributed by atoms with Gasteiger partial charge in [-0.05, 0) is 93.1 Å². The first-order valence-electron chi connectivity index (χ1n) is 19.1. The summed E-state index contributed by atoms with van der Waals surface area (Å²) >= 11 is 0. The molecule has 4 nitrogen and oxygen atoms in total. The lowest BCUT2D eigenvalue weighted by molar-refractivity contribution is 0.448. The molecular formula is C51H47N3O. The molecule has 8 aromatic rings. The van der Waals surface area contributed by atoms with Crippen molar-refractivity contribution in [1.82, 2.24) is 14.5 Å². The van der Waals surface area contributed by atoms with Crippen molar-refractivity contribution in [1.29, 1.82) is 0 Å². The minimum absolute atomic E-state index is 0.106. The van der Waals surface area contributed by atoms with Crippen molar-refractivity contribution in [3.05, 3.63) is 180 Å². The summed E-state index contributed by atoms with van der Waals surface area (Å²) in [6.07, 6.45) is 2.78. The van der Waals surface area contributed by atoms with Gasteiger partial charge in [0.2, 0.25) is 0 Å². The largest absolute Gasteiger partial charge is 0.507 e. The van der Waals surface area contributed by atoms with Crippen LogP contribution in [-0.2, 0) is 17.3 Å². The van der Waals surface area contributed by atoms with Gasteiger partial charge in [0, 0.05) is 28.6 Å². The zero-order chi connectivity index (χ0) is 38.3. The summed E-state index contributed by atoms with van der Waals surface area (Å²) in [4.78, 5) is 10.4. The number of nitrogens with zero attached hydrogens (tertiary/aromatic N) is 3. The second kappa shape index (κ2) is 14.2. The van der Waals surface area contributed by atoms with Crippen molar-refractivity contribution in [2.24, 2.45) is 0 Å². The summed E-state index contributed by atoms with van der Waals surface area (Å²) in [5, 5.41) is 11.9. The highest BCUT2D eigenvalue weighted by Crippen LogP contribution is 2.42. The van der Waals surface area contributed by atoms with Crippen LogP contribution in [0.2, 0.25) is 0 Å². The van der Waals surface area contributed by atoms with Crippen molar-refractivity contribution in [2.45, 2.75) is 58.8 Å². The molecule has 1 N–H and O–H groups in total. The maximum absolute atomic E-state index is 11.9. The zero-order valence-corrected chi connectivity index (χ0v) is 32.5. The predicted octanol–water partition coefficient (Wildman–Crippen LogP) is 13.0. The van der Waals surface area contributed by atoms with Crippen LogP contribution in [-0.4, -0.2) is 19.6 Å². The second-order valence-corrected chi connectivity index (χ2v) is 16.6. The number of imidazole rings is 1. The molecule has 2 aromatic heterocycles. The lowest BCUT2D eigenvalue weighted by Gasteiger charge is -2.22. The highest BCUT2D eigenvalue weighted by molar-refractivity contribution is 5.97. The summed E-state index contributed by atoms with van der Waals surface area (Å²) < 4.78 is 2.22. The third-order valence-electron chi connectivity index (χ3n) is 10.5. The molecule has 0 atom stereocenters. The fourth-order valence-electron chi connectivity index (χ4n) is 7.47. The van der Waals surface area contributed by atoms with Gasteiger partial charge in [0.1, 0.15) is 11.6 Å². The van der Waals surface area contributed by atoms with Crippen LogP contribution in [0.1, 0.15) is 63.8 Å². The van der Waals surface area contributed by atoms with Gasteiger partial charge in [0.15, 0.2) is 0 Å². The highest BCUT2D eigenvalue weighted by atomic mass is 16.3. The maximum Gasteiger partial charge on any atom is 0.149 e. The summed E-state index contributed by atoms with van der Waals surface area (Å²) in [5.74, 6) is 0.962. The molecule has 0 saturated carbocycles. The summed E-state index contributed by atoms with van der Waals surface area (Å²) in [6.45, 7) is 13.1. The van der Waals surface area contributed by atoms with E-state index >= 15 is 0 Å². The van der Waals surface area contributed by atoms with Crippen LogP contribution >= 0.6 is 0 Å². The molecule has 55 heavy (non-hydrogen) atoms. The number of fused-ring (bicyclic) bond motifs is 1. The molecule has 0 unspecified atom stereocenters. The van der Waals surface area contributed by atoms with E-state index < -0.39 is 0 Å². The smallest absolute Gasteiger partial charge is 0.149 e. The summed E-state index contributed by atoms with van der Waals surface area (Å²) in [7, 11) is 0. The van der Waals surface area contributed by atoms with Gasteiger partial charge in [-0.15, -0.1) is 0 Å². The van der Waals surface area contributed by atoms with E-state index in [9.17, 15) is 5.11 Å². The highest BCUT2D eigenvalue weighted by Gasteiger charge is 2.25.